The van der Waals surface area contributed by atoms with Crippen LogP contribution in [0.5, 0.6) is 0 Å². The molecule has 26 heavy (non-hydrogen) atoms. The fourth-order valence-electron chi connectivity index (χ4n) is 3.09. The number of hydrogen-bond donors (Lipinski definition) is 1. The van der Waals surface area contributed by atoms with Crippen LogP contribution in [0.3, 0.4) is 0 Å². The van der Waals surface area contributed by atoms with Crippen molar-refractivity contribution in [3.8, 4) is 0 Å². The smallest absolute Gasteiger partial charge is 0.338 e. The lowest BCUT2D eigenvalue weighted by Crippen LogP contribution is -2.30. The first-order valence-corrected chi connectivity index (χ1v) is 9.04. The van der Waals surface area contributed by atoms with Gasteiger partial charge in [0.15, 0.2) is 6.61 Å². The van der Waals surface area contributed by atoms with E-state index in [0.29, 0.717) is 5.69 Å². The third-order valence-electron chi connectivity index (χ3n) is 4.63. The van der Waals surface area contributed by atoms with Crippen LogP contribution in [0.4, 0.5) is 11.4 Å². The topological polar surface area (TPSA) is 102 Å². The van der Waals surface area contributed by atoms with Gasteiger partial charge in [0, 0.05) is 25.2 Å². The van der Waals surface area contributed by atoms with Crippen LogP contribution in [0, 0.1) is 10.1 Å². The molecule has 1 heterocycles. The molecule has 1 amide bonds. The molecule has 0 unspecified atom stereocenters. The second kappa shape index (κ2) is 8.16. The monoisotopic (exact) mass is 361 g/mol. The zero-order valence-electron chi connectivity index (χ0n) is 14.6. The standard InChI is InChI=1S/C18H23N3O5/c22-17(19-14-6-7-14)12-26-18(23)13-5-8-15(16(11-13)21(24)25)20-9-3-1-2-4-10-20/h5,8,11,14H,1-4,6-7,9-10,12H2,(H,19,22). The van der Waals surface area contributed by atoms with Crippen LogP contribution in [0.25, 0.3) is 0 Å². The van der Waals surface area contributed by atoms with Crippen molar-refractivity contribution in [3.63, 3.8) is 0 Å². The van der Waals surface area contributed by atoms with Crippen LogP contribution in [0.15, 0.2) is 18.2 Å². The number of nitro groups is 1. The first-order chi connectivity index (χ1) is 12.5. The van der Waals surface area contributed by atoms with Gasteiger partial charge in [-0.25, -0.2) is 4.79 Å². The van der Waals surface area contributed by atoms with Crippen molar-refractivity contribution in [2.75, 3.05) is 24.6 Å². The minimum atomic E-state index is -0.735. The number of carbonyl (C=O) groups excluding carboxylic acids is 2. The molecule has 0 radical (unpaired) electrons. The van der Waals surface area contributed by atoms with Crippen molar-refractivity contribution in [2.24, 2.45) is 0 Å². The fraction of sp³-hybridized carbons (Fsp3) is 0.556. The predicted octanol–water partition coefficient (Wildman–Crippen LogP) is 2.41. The molecular formula is C18H23N3O5. The normalized spacial score (nSPS) is 17.3. The Balaban J connectivity index is 1.69. The summed E-state index contributed by atoms with van der Waals surface area (Å²) in [4.78, 5) is 36.7. The van der Waals surface area contributed by atoms with E-state index >= 15 is 0 Å². The van der Waals surface area contributed by atoms with E-state index in [-0.39, 0.29) is 29.8 Å². The summed E-state index contributed by atoms with van der Waals surface area (Å²) in [6.07, 6.45) is 6.14. The number of esters is 1. The minimum absolute atomic E-state index is 0.0782. The highest BCUT2D eigenvalue weighted by molar-refractivity contribution is 5.93. The van der Waals surface area contributed by atoms with E-state index in [1.807, 2.05) is 4.90 Å². The molecule has 1 aliphatic carbocycles. The molecule has 0 spiro atoms. The highest BCUT2D eigenvalue weighted by Crippen LogP contribution is 2.31. The van der Waals surface area contributed by atoms with Crippen molar-refractivity contribution < 1.29 is 19.2 Å². The molecule has 0 bridgehead atoms. The molecule has 0 atom stereocenters. The van der Waals surface area contributed by atoms with Crippen LogP contribution < -0.4 is 10.2 Å². The number of ether oxygens (including phenoxy) is 1. The van der Waals surface area contributed by atoms with Gasteiger partial charge in [0.2, 0.25) is 0 Å². The number of rotatable bonds is 6. The lowest BCUT2D eigenvalue weighted by atomic mass is 10.1. The molecule has 140 valence electrons. The van der Waals surface area contributed by atoms with Gasteiger partial charge in [0.05, 0.1) is 10.5 Å². The summed E-state index contributed by atoms with van der Waals surface area (Å²) in [6.45, 7) is 1.16. The summed E-state index contributed by atoms with van der Waals surface area (Å²) in [5, 5.41) is 14.2. The van der Waals surface area contributed by atoms with Crippen LogP contribution >= 0.6 is 0 Å². The zero-order valence-corrected chi connectivity index (χ0v) is 14.6. The number of nitrogens with one attached hydrogen (secondary N) is 1. The molecule has 2 aliphatic rings. The fourth-order valence-corrected chi connectivity index (χ4v) is 3.09. The van der Waals surface area contributed by atoms with E-state index in [4.69, 9.17) is 4.74 Å². The Morgan fingerprint density at radius 1 is 1.19 bits per heavy atom. The third kappa shape index (κ3) is 4.71. The Kier molecular flexibility index (Phi) is 5.70. The number of nitro benzene ring substituents is 1. The first-order valence-electron chi connectivity index (χ1n) is 9.04. The summed E-state index contributed by atoms with van der Waals surface area (Å²) in [5.74, 6) is -1.09. The molecule has 1 aliphatic heterocycles. The molecule has 1 aromatic carbocycles. The SMILES string of the molecule is O=C(COC(=O)c1ccc(N2CCCCCC2)c([N+](=O)[O-])c1)NC1CC1. The molecule has 1 saturated heterocycles. The van der Waals surface area contributed by atoms with E-state index < -0.39 is 10.9 Å². The zero-order chi connectivity index (χ0) is 18.5. The summed E-state index contributed by atoms with van der Waals surface area (Å²) >= 11 is 0. The van der Waals surface area contributed by atoms with E-state index in [9.17, 15) is 19.7 Å². The molecule has 1 saturated carbocycles. The molecule has 3 rings (SSSR count). The molecular weight excluding hydrogens is 338 g/mol. The summed E-state index contributed by atoms with van der Waals surface area (Å²) in [5.41, 5.74) is 0.498. The number of amides is 1. The van der Waals surface area contributed by atoms with E-state index in [1.54, 1.807) is 6.07 Å². The van der Waals surface area contributed by atoms with Crippen molar-refractivity contribution in [1.29, 1.82) is 0 Å². The Morgan fingerprint density at radius 2 is 1.88 bits per heavy atom. The Labute approximate surface area is 151 Å². The maximum absolute atomic E-state index is 12.1. The molecule has 1 N–H and O–H groups in total. The maximum atomic E-state index is 12.1. The Bertz CT molecular complexity index is 694. The van der Waals surface area contributed by atoms with Crippen LogP contribution in [-0.4, -0.2) is 42.5 Å². The van der Waals surface area contributed by atoms with Crippen molar-refractivity contribution in [1.82, 2.24) is 5.32 Å². The number of hydrogen-bond acceptors (Lipinski definition) is 6. The van der Waals surface area contributed by atoms with Crippen molar-refractivity contribution in [2.45, 2.75) is 44.6 Å². The van der Waals surface area contributed by atoms with E-state index in [2.05, 4.69) is 5.32 Å². The van der Waals surface area contributed by atoms with Gasteiger partial charge >= 0.3 is 5.97 Å². The minimum Gasteiger partial charge on any atom is -0.452 e. The predicted molar refractivity (Wildman–Crippen MR) is 95.2 cm³/mol. The van der Waals surface area contributed by atoms with Gasteiger partial charge in [-0.3, -0.25) is 14.9 Å². The van der Waals surface area contributed by atoms with Crippen LogP contribution in [-0.2, 0) is 9.53 Å². The first kappa shape index (κ1) is 18.2. The Hall–Kier alpha value is -2.64. The van der Waals surface area contributed by atoms with Gasteiger partial charge in [-0.05, 0) is 37.8 Å². The average Bonchev–Trinajstić information content (AvgIpc) is 3.46. The summed E-state index contributed by atoms with van der Waals surface area (Å²) < 4.78 is 4.97. The molecule has 2 fully saturated rings. The van der Waals surface area contributed by atoms with Crippen molar-refractivity contribution >= 4 is 23.3 Å². The van der Waals surface area contributed by atoms with Gasteiger partial charge in [-0.1, -0.05) is 12.8 Å². The lowest BCUT2D eigenvalue weighted by molar-refractivity contribution is -0.384. The molecule has 0 aromatic heterocycles. The molecule has 8 heteroatoms. The summed E-state index contributed by atoms with van der Waals surface area (Å²) in [6, 6.07) is 4.55. The van der Waals surface area contributed by atoms with Gasteiger partial charge < -0.3 is 15.0 Å². The van der Waals surface area contributed by atoms with Gasteiger partial charge in [-0.15, -0.1) is 0 Å². The quantitative estimate of drug-likeness (QED) is 0.474. The molecule has 1 aromatic rings. The largest absolute Gasteiger partial charge is 0.452 e. The van der Waals surface area contributed by atoms with Crippen LogP contribution in [0.1, 0.15) is 48.9 Å². The highest BCUT2D eigenvalue weighted by atomic mass is 16.6. The number of benzene rings is 1. The second-order valence-electron chi connectivity index (χ2n) is 6.78. The summed E-state index contributed by atoms with van der Waals surface area (Å²) in [7, 11) is 0. The number of carbonyl (C=O) groups is 2. The second-order valence-corrected chi connectivity index (χ2v) is 6.78. The average molecular weight is 361 g/mol. The number of anilines is 1. The van der Waals surface area contributed by atoms with E-state index in [0.717, 1.165) is 51.6 Å². The van der Waals surface area contributed by atoms with Gasteiger partial charge in [0.1, 0.15) is 5.69 Å². The highest BCUT2D eigenvalue weighted by Gasteiger charge is 2.25. The third-order valence-corrected chi connectivity index (χ3v) is 4.63. The van der Waals surface area contributed by atoms with Gasteiger partial charge in [-0.2, -0.15) is 0 Å². The Morgan fingerprint density at radius 3 is 2.50 bits per heavy atom. The van der Waals surface area contributed by atoms with Crippen molar-refractivity contribution in [3.05, 3.63) is 33.9 Å². The van der Waals surface area contributed by atoms with Gasteiger partial charge in [0.25, 0.3) is 11.6 Å². The number of nitrogens with zero attached hydrogens (tertiary/aromatic N) is 2. The van der Waals surface area contributed by atoms with E-state index in [1.165, 1.54) is 12.1 Å². The lowest BCUT2D eigenvalue weighted by Gasteiger charge is -2.22. The van der Waals surface area contributed by atoms with Crippen LogP contribution in [0.2, 0.25) is 0 Å². The maximum Gasteiger partial charge on any atom is 0.338 e. The molecule has 8 nitrogen and oxygen atoms in total.